The van der Waals surface area contributed by atoms with Crippen LogP contribution in [-0.2, 0) is 4.79 Å². The van der Waals surface area contributed by atoms with E-state index in [1.807, 2.05) is 18.2 Å². The number of halogens is 3. The lowest BCUT2D eigenvalue weighted by Gasteiger charge is -2.33. The normalized spacial score (nSPS) is 20.3. The third-order valence-corrected chi connectivity index (χ3v) is 7.12. The van der Waals surface area contributed by atoms with Crippen LogP contribution in [0.4, 0.5) is 20.2 Å². The van der Waals surface area contributed by atoms with Gasteiger partial charge in [0, 0.05) is 65.6 Å². The summed E-state index contributed by atoms with van der Waals surface area (Å²) in [5.41, 5.74) is 0.841. The average molecular weight is 544 g/mol. The molecule has 38 heavy (non-hydrogen) atoms. The molecule has 1 fully saturated rings. The summed E-state index contributed by atoms with van der Waals surface area (Å²) in [5, 5.41) is 13.0. The zero-order valence-corrected chi connectivity index (χ0v) is 21.9. The Labute approximate surface area is 223 Å². The minimum atomic E-state index is -3.82. The van der Waals surface area contributed by atoms with E-state index in [0.717, 1.165) is 35.3 Å². The zero-order chi connectivity index (χ0) is 27.2. The van der Waals surface area contributed by atoms with Crippen LogP contribution in [0, 0.1) is 0 Å². The summed E-state index contributed by atoms with van der Waals surface area (Å²) in [7, 11) is 0. The first-order valence-corrected chi connectivity index (χ1v) is 12.8. The first kappa shape index (κ1) is 26.0. The van der Waals surface area contributed by atoms with E-state index in [-0.39, 0.29) is 41.6 Å². The quantitative estimate of drug-likeness (QED) is 0.343. The standard InChI is InChI=1S/C27H28ClF2N5O3/c1-14(2)35-24-13-18(32-15(3)36)12-20(24)21-10-16(11-22(25(21)35)23-8-9-31-34-23)26(37)33-17-4-6-19(7-5-17)38-27(28,29)30/h4-11,14,18,20,24H,12-13H2,1-3H3,(H,31,34)(H,32,36)(H,33,37). The fraction of sp³-hybridized carbons (Fsp3) is 0.370. The second kappa shape index (κ2) is 9.90. The SMILES string of the molecule is CC(=O)NC1CC2c3cc(C(=O)Nc4ccc(OC(F)(F)Cl)cc4)cc(-c4ccn[nH]4)c3N(C(C)C)C2C1. The maximum Gasteiger partial charge on any atom is 0.487 e. The number of aromatic amines is 1. The Morgan fingerprint density at radius 2 is 1.92 bits per heavy atom. The summed E-state index contributed by atoms with van der Waals surface area (Å²) in [6, 6.07) is 11.6. The fourth-order valence-electron chi connectivity index (χ4n) is 5.78. The van der Waals surface area contributed by atoms with Crippen molar-refractivity contribution >= 4 is 34.8 Å². The van der Waals surface area contributed by atoms with Gasteiger partial charge >= 0.3 is 5.57 Å². The highest BCUT2D eigenvalue weighted by Crippen LogP contribution is 2.53. The number of fused-ring (bicyclic) bond motifs is 3. The monoisotopic (exact) mass is 543 g/mol. The number of nitrogens with one attached hydrogen (secondary N) is 3. The Morgan fingerprint density at radius 3 is 2.53 bits per heavy atom. The van der Waals surface area contributed by atoms with Crippen LogP contribution >= 0.6 is 11.6 Å². The Morgan fingerprint density at radius 1 is 1.18 bits per heavy atom. The van der Waals surface area contributed by atoms with Crippen molar-refractivity contribution in [1.82, 2.24) is 15.5 Å². The van der Waals surface area contributed by atoms with Crippen LogP contribution in [0.1, 0.15) is 55.5 Å². The number of alkyl halides is 3. The number of carbonyl (C=O) groups is 2. The van der Waals surface area contributed by atoms with Crippen molar-refractivity contribution < 1.29 is 23.1 Å². The number of benzene rings is 2. The van der Waals surface area contributed by atoms with Crippen LogP contribution in [0.25, 0.3) is 11.3 Å². The maximum absolute atomic E-state index is 13.4. The van der Waals surface area contributed by atoms with Crippen LogP contribution in [0.15, 0.2) is 48.7 Å². The van der Waals surface area contributed by atoms with Crippen LogP contribution in [0.3, 0.4) is 0 Å². The molecular formula is C27H28ClF2N5O3. The molecule has 1 aromatic heterocycles. The Hall–Kier alpha value is -3.66. The summed E-state index contributed by atoms with van der Waals surface area (Å²) in [5.74, 6) is -0.381. The van der Waals surface area contributed by atoms with Gasteiger partial charge in [-0.25, -0.2) is 0 Å². The molecule has 3 unspecified atom stereocenters. The van der Waals surface area contributed by atoms with Gasteiger partial charge in [0.25, 0.3) is 5.91 Å². The number of hydrogen-bond acceptors (Lipinski definition) is 5. The van der Waals surface area contributed by atoms with Gasteiger partial charge in [-0.2, -0.15) is 5.10 Å². The number of hydrogen-bond donors (Lipinski definition) is 3. The third-order valence-electron chi connectivity index (χ3n) is 7.05. The molecule has 200 valence electrons. The molecule has 5 rings (SSSR count). The molecule has 2 heterocycles. The molecule has 0 saturated heterocycles. The van der Waals surface area contributed by atoms with Gasteiger partial charge in [-0.15, -0.1) is 8.78 Å². The number of ether oxygens (including phenoxy) is 1. The largest absolute Gasteiger partial charge is 0.487 e. The number of rotatable bonds is 7. The molecule has 3 atom stereocenters. The van der Waals surface area contributed by atoms with Crippen molar-refractivity contribution in [3.8, 4) is 17.0 Å². The van der Waals surface area contributed by atoms with Crippen LogP contribution < -0.4 is 20.3 Å². The molecular weight excluding hydrogens is 516 g/mol. The molecule has 0 spiro atoms. The number of anilines is 2. The topological polar surface area (TPSA) is 99.4 Å². The van der Waals surface area contributed by atoms with E-state index in [1.165, 1.54) is 31.2 Å². The predicted octanol–water partition coefficient (Wildman–Crippen LogP) is 5.48. The summed E-state index contributed by atoms with van der Waals surface area (Å²) < 4.78 is 30.1. The molecule has 0 radical (unpaired) electrons. The molecule has 2 amide bonds. The smallest absolute Gasteiger partial charge is 0.420 e. The van der Waals surface area contributed by atoms with Gasteiger partial charge in [0.05, 0.1) is 11.4 Å². The van der Waals surface area contributed by atoms with Crippen molar-refractivity contribution in [3.63, 3.8) is 0 Å². The molecule has 11 heteroatoms. The summed E-state index contributed by atoms with van der Waals surface area (Å²) in [4.78, 5) is 27.5. The number of nitrogens with zero attached hydrogens (tertiary/aromatic N) is 2. The van der Waals surface area contributed by atoms with Gasteiger partial charge < -0.3 is 20.3 Å². The number of carbonyl (C=O) groups excluding carboxylic acids is 2. The van der Waals surface area contributed by atoms with E-state index < -0.39 is 5.57 Å². The first-order valence-electron chi connectivity index (χ1n) is 12.4. The maximum atomic E-state index is 13.4. The molecule has 1 aliphatic heterocycles. The summed E-state index contributed by atoms with van der Waals surface area (Å²) in [6.45, 7) is 5.81. The van der Waals surface area contributed by atoms with Gasteiger partial charge in [0.15, 0.2) is 0 Å². The van der Waals surface area contributed by atoms with E-state index >= 15 is 0 Å². The lowest BCUT2D eigenvalue weighted by molar-refractivity contribution is -0.119. The predicted molar refractivity (Wildman–Crippen MR) is 141 cm³/mol. The van der Waals surface area contributed by atoms with Crippen LogP contribution in [-0.4, -0.2) is 45.7 Å². The zero-order valence-electron chi connectivity index (χ0n) is 21.1. The van der Waals surface area contributed by atoms with Gasteiger partial charge in [0.2, 0.25) is 5.91 Å². The molecule has 3 aromatic rings. The second-order valence-corrected chi connectivity index (χ2v) is 10.4. The molecule has 0 bridgehead atoms. The van der Waals surface area contributed by atoms with E-state index in [1.54, 1.807) is 6.20 Å². The van der Waals surface area contributed by atoms with Gasteiger partial charge in [-0.1, -0.05) is 0 Å². The minimum Gasteiger partial charge on any atom is -0.420 e. The lowest BCUT2D eigenvalue weighted by Crippen LogP contribution is -2.39. The van der Waals surface area contributed by atoms with Crippen molar-refractivity contribution in [3.05, 3.63) is 59.8 Å². The summed E-state index contributed by atoms with van der Waals surface area (Å²) in [6.07, 6.45) is 3.27. The molecule has 3 N–H and O–H groups in total. The van der Waals surface area contributed by atoms with E-state index in [0.29, 0.717) is 11.3 Å². The van der Waals surface area contributed by atoms with Gasteiger partial charge in [0.1, 0.15) is 5.75 Å². The number of H-pyrrole nitrogens is 1. The Balaban J connectivity index is 1.50. The molecule has 8 nitrogen and oxygen atoms in total. The van der Waals surface area contributed by atoms with Crippen molar-refractivity contribution in [2.75, 3.05) is 10.2 Å². The Bertz CT molecular complexity index is 1340. The highest BCUT2D eigenvalue weighted by atomic mass is 35.5. The first-order chi connectivity index (χ1) is 18.0. The number of amides is 2. The molecule has 2 aromatic carbocycles. The van der Waals surface area contributed by atoms with Crippen molar-refractivity contribution in [1.29, 1.82) is 0 Å². The van der Waals surface area contributed by atoms with Crippen molar-refractivity contribution in [2.45, 2.75) is 63.2 Å². The van der Waals surface area contributed by atoms with E-state index in [2.05, 4.69) is 44.3 Å². The van der Waals surface area contributed by atoms with Crippen LogP contribution in [0.5, 0.6) is 5.75 Å². The highest BCUT2D eigenvalue weighted by molar-refractivity contribution is 6.20. The lowest BCUT2D eigenvalue weighted by atomic mass is 9.92. The van der Waals surface area contributed by atoms with Gasteiger partial charge in [-0.3, -0.25) is 14.7 Å². The molecule has 1 saturated carbocycles. The second-order valence-electron chi connectivity index (χ2n) is 10.0. The average Bonchev–Trinajstić information content (AvgIpc) is 3.54. The van der Waals surface area contributed by atoms with Gasteiger partial charge in [-0.05, 0) is 74.7 Å². The third kappa shape index (κ3) is 5.18. The highest BCUT2D eigenvalue weighted by Gasteiger charge is 2.47. The Kier molecular flexibility index (Phi) is 6.77. The van der Waals surface area contributed by atoms with E-state index in [4.69, 9.17) is 11.6 Å². The minimum absolute atomic E-state index is 0.0521. The summed E-state index contributed by atoms with van der Waals surface area (Å²) >= 11 is 4.82. The van der Waals surface area contributed by atoms with Crippen molar-refractivity contribution in [2.24, 2.45) is 0 Å². The molecule has 1 aliphatic carbocycles. The van der Waals surface area contributed by atoms with E-state index in [9.17, 15) is 18.4 Å². The molecule has 2 aliphatic rings. The fourth-order valence-corrected chi connectivity index (χ4v) is 5.87. The number of aromatic nitrogens is 2. The van der Waals surface area contributed by atoms with Crippen LogP contribution in [0.2, 0.25) is 0 Å².